The first-order valence-electron chi connectivity index (χ1n) is 6.92. The molecule has 0 amide bonds. The largest absolute Gasteiger partial charge is 0.573 e. The van der Waals surface area contributed by atoms with Gasteiger partial charge in [0, 0.05) is 6.07 Å². The van der Waals surface area contributed by atoms with Crippen LogP contribution in [0.4, 0.5) is 13.2 Å². The maximum atomic E-state index is 12.0. The number of alkyl halides is 3. The van der Waals surface area contributed by atoms with Gasteiger partial charge in [-0.1, -0.05) is 17.3 Å². The van der Waals surface area contributed by atoms with Gasteiger partial charge in [-0.15, -0.1) is 13.2 Å². The topological polar surface area (TPSA) is 70.8 Å². The van der Waals surface area contributed by atoms with E-state index >= 15 is 0 Å². The number of nitrogens with zero attached hydrogens (tertiary/aromatic N) is 1. The minimum absolute atomic E-state index is 0.0455. The van der Waals surface area contributed by atoms with Gasteiger partial charge in [0.1, 0.15) is 12.4 Å². The minimum atomic E-state index is -4.72. The zero-order valence-electron chi connectivity index (χ0n) is 12.6. The summed E-state index contributed by atoms with van der Waals surface area (Å²) in [5.41, 5.74) is 0.693. The van der Waals surface area contributed by atoms with Crippen molar-refractivity contribution in [2.75, 3.05) is 6.61 Å². The normalized spacial score (nSPS) is 11.3. The lowest BCUT2D eigenvalue weighted by Crippen LogP contribution is -2.17. The van der Waals surface area contributed by atoms with Gasteiger partial charge in [0.15, 0.2) is 11.5 Å². The highest BCUT2D eigenvalue weighted by molar-refractivity contribution is 5.87. The van der Waals surface area contributed by atoms with Crippen molar-refractivity contribution in [3.63, 3.8) is 0 Å². The quantitative estimate of drug-likeness (QED) is 0.716. The third-order valence-corrected chi connectivity index (χ3v) is 2.71. The number of aromatic nitrogens is 1. The summed E-state index contributed by atoms with van der Waals surface area (Å²) in [5, 5.41) is 3.55. The molecular weight excluding hydrogens is 331 g/mol. The van der Waals surface area contributed by atoms with Crippen LogP contribution in [0, 0.1) is 0 Å². The first-order chi connectivity index (χ1) is 11.4. The molecule has 2 rings (SSSR count). The van der Waals surface area contributed by atoms with E-state index in [0.29, 0.717) is 11.3 Å². The van der Waals surface area contributed by atoms with Crippen LogP contribution >= 0.6 is 0 Å². The van der Waals surface area contributed by atoms with Gasteiger partial charge in [-0.05, 0) is 24.6 Å². The van der Waals surface area contributed by atoms with Gasteiger partial charge < -0.3 is 18.7 Å². The Morgan fingerprint density at radius 1 is 1.21 bits per heavy atom. The number of benzene rings is 1. The predicted octanol–water partition coefficient (Wildman–Crippen LogP) is 3.47. The molecule has 9 heteroatoms. The van der Waals surface area contributed by atoms with Crippen molar-refractivity contribution in [2.45, 2.75) is 26.5 Å². The Kier molecular flexibility index (Phi) is 5.80. The number of rotatable bonds is 7. The SMILES string of the molecule is CCOC(=O)c1cc(COCc2ccc(OC(F)(F)F)cc2)on1. The van der Waals surface area contributed by atoms with Gasteiger partial charge in [-0.3, -0.25) is 0 Å². The highest BCUT2D eigenvalue weighted by Crippen LogP contribution is 2.23. The molecule has 0 aliphatic carbocycles. The fourth-order valence-corrected chi connectivity index (χ4v) is 1.74. The van der Waals surface area contributed by atoms with Gasteiger partial charge >= 0.3 is 12.3 Å². The van der Waals surface area contributed by atoms with Gasteiger partial charge in [0.2, 0.25) is 0 Å². The molecule has 0 saturated heterocycles. The lowest BCUT2D eigenvalue weighted by molar-refractivity contribution is -0.274. The molecule has 0 atom stereocenters. The van der Waals surface area contributed by atoms with Crippen LogP contribution in [0.2, 0.25) is 0 Å². The van der Waals surface area contributed by atoms with Crippen LogP contribution in [0.1, 0.15) is 28.7 Å². The molecule has 0 radical (unpaired) electrons. The summed E-state index contributed by atoms with van der Waals surface area (Å²) >= 11 is 0. The van der Waals surface area contributed by atoms with Crippen LogP contribution in [0.5, 0.6) is 5.75 Å². The van der Waals surface area contributed by atoms with Gasteiger partial charge in [0.25, 0.3) is 0 Å². The number of carbonyl (C=O) groups is 1. The number of hydrogen-bond donors (Lipinski definition) is 0. The second kappa shape index (κ2) is 7.82. The molecule has 6 nitrogen and oxygen atoms in total. The molecule has 0 aliphatic heterocycles. The van der Waals surface area contributed by atoms with E-state index in [0.717, 1.165) is 0 Å². The number of halogens is 3. The summed E-state index contributed by atoms with van der Waals surface area (Å²) in [6, 6.07) is 6.69. The molecule has 0 aliphatic rings. The molecule has 1 heterocycles. The molecular formula is C15H14F3NO5. The Hall–Kier alpha value is -2.55. The molecule has 2 aromatic rings. The van der Waals surface area contributed by atoms with Crippen LogP contribution in [0.25, 0.3) is 0 Å². The van der Waals surface area contributed by atoms with Crippen molar-refractivity contribution < 1.29 is 36.7 Å². The first kappa shape index (κ1) is 17.8. The Morgan fingerprint density at radius 3 is 2.54 bits per heavy atom. The van der Waals surface area contributed by atoms with Crippen LogP contribution in [-0.2, 0) is 22.7 Å². The number of carbonyl (C=O) groups excluding carboxylic acids is 1. The van der Waals surface area contributed by atoms with Gasteiger partial charge in [0.05, 0.1) is 13.2 Å². The fourth-order valence-electron chi connectivity index (χ4n) is 1.74. The van der Waals surface area contributed by atoms with Crippen LogP contribution in [0.3, 0.4) is 0 Å². The second-order valence-electron chi connectivity index (χ2n) is 4.58. The highest BCUT2D eigenvalue weighted by Gasteiger charge is 2.30. The molecule has 0 spiro atoms. The monoisotopic (exact) mass is 345 g/mol. The van der Waals surface area contributed by atoms with Crippen LogP contribution in [0.15, 0.2) is 34.9 Å². The third-order valence-electron chi connectivity index (χ3n) is 2.71. The highest BCUT2D eigenvalue weighted by atomic mass is 19.4. The van der Waals surface area contributed by atoms with E-state index < -0.39 is 12.3 Å². The summed E-state index contributed by atoms with van der Waals surface area (Å²) in [4.78, 5) is 11.4. The number of esters is 1. The maximum absolute atomic E-state index is 12.0. The number of hydrogen-bond acceptors (Lipinski definition) is 6. The van der Waals surface area contributed by atoms with E-state index in [2.05, 4.69) is 9.89 Å². The van der Waals surface area contributed by atoms with Gasteiger partial charge in [-0.2, -0.15) is 0 Å². The molecule has 1 aromatic carbocycles. The molecule has 0 saturated carbocycles. The Labute approximate surface area is 135 Å². The van der Waals surface area contributed by atoms with Crippen molar-refractivity contribution in [1.82, 2.24) is 5.16 Å². The maximum Gasteiger partial charge on any atom is 0.573 e. The summed E-state index contributed by atoms with van der Waals surface area (Å²) in [7, 11) is 0. The number of ether oxygens (including phenoxy) is 3. The van der Waals surface area contributed by atoms with Gasteiger partial charge in [-0.25, -0.2) is 4.79 Å². The molecule has 0 bridgehead atoms. The van der Waals surface area contributed by atoms with Crippen molar-refractivity contribution in [2.24, 2.45) is 0 Å². The molecule has 0 unspecified atom stereocenters. The van der Waals surface area contributed by atoms with Crippen molar-refractivity contribution in [1.29, 1.82) is 0 Å². The van der Waals surface area contributed by atoms with Crippen LogP contribution in [-0.4, -0.2) is 24.1 Å². The van der Waals surface area contributed by atoms with E-state index in [1.807, 2.05) is 0 Å². The average molecular weight is 345 g/mol. The molecule has 0 N–H and O–H groups in total. The molecule has 0 fully saturated rings. The molecule has 130 valence electrons. The summed E-state index contributed by atoms with van der Waals surface area (Å²) in [6.07, 6.45) is -4.72. The molecule has 24 heavy (non-hydrogen) atoms. The predicted molar refractivity (Wildman–Crippen MR) is 74.1 cm³/mol. The fraction of sp³-hybridized carbons (Fsp3) is 0.333. The van der Waals surface area contributed by atoms with Crippen LogP contribution < -0.4 is 4.74 Å². The zero-order chi connectivity index (χ0) is 17.6. The summed E-state index contributed by atoms with van der Waals surface area (Å²) in [6.45, 7) is 2.09. The lowest BCUT2D eigenvalue weighted by Gasteiger charge is -2.09. The third kappa shape index (κ3) is 5.58. The first-order valence-corrected chi connectivity index (χ1v) is 6.92. The van der Waals surface area contributed by atoms with E-state index in [1.165, 1.54) is 30.3 Å². The average Bonchev–Trinajstić information content (AvgIpc) is 2.97. The van der Waals surface area contributed by atoms with Crippen molar-refractivity contribution in [3.8, 4) is 5.75 Å². The zero-order valence-corrected chi connectivity index (χ0v) is 12.6. The Bertz CT molecular complexity index is 666. The standard InChI is InChI=1S/C15H14F3NO5/c1-2-22-14(20)13-7-12(24-19-13)9-21-8-10-3-5-11(6-4-10)23-15(16,17)18/h3-7H,2,8-9H2,1H3. The lowest BCUT2D eigenvalue weighted by atomic mass is 10.2. The smallest absolute Gasteiger partial charge is 0.461 e. The van der Waals surface area contributed by atoms with Crippen molar-refractivity contribution in [3.05, 3.63) is 47.3 Å². The Morgan fingerprint density at radius 2 is 1.92 bits per heavy atom. The van der Waals surface area contributed by atoms with E-state index in [4.69, 9.17) is 14.0 Å². The summed E-state index contributed by atoms with van der Waals surface area (Å²) in [5.74, 6) is -0.566. The van der Waals surface area contributed by atoms with Crippen molar-refractivity contribution >= 4 is 5.97 Å². The molecule has 1 aromatic heterocycles. The second-order valence-corrected chi connectivity index (χ2v) is 4.58. The Balaban J connectivity index is 1.81. The van der Waals surface area contributed by atoms with E-state index in [1.54, 1.807) is 6.92 Å². The van der Waals surface area contributed by atoms with E-state index in [9.17, 15) is 18.0 Å². The summed E-state index contributed by atoms with van der Waals surface area (Å²) < 4.78 is 54.9. The van der Waals surface area contributed by atoms with E-state index in [-0.39, 0.29) is 31.3 Å². The minimum Gasteiger partial charge on any atom is -0.461 e.